The molecule has 2 heteroatoms. The Hall–Kier alpha value is -1.02. The van der Waals surface area contributed by atoms with E-state index in [4.69, 9.17) is 0 Å². The number of benzene rings is 1. The number of hydrogen-bond acceptors (Lipinski definition) is 1. The van der Waals surface area contributed by atoms with E-state index >= 15 is 0 Å². The fraction of sp³-hybridized carbons (Fsp3) is 0.455. The molecule has 1 aromatic carbocycles. The Labute approximate surface area is 79.4 Å². The van der Waals surface area contributed by atoms with E-state index in [1.54, 1.807) is 6.07 Å². The van der Waals surface area contributed by atoms with E-state index in [2.05, 4.69) is 26.5 Å². The Morgan fingerprint density at radius 1 is 1.31 bits per heavy atom. The van der Waals surface area contributed by atoms with Crippen LogP contribution in [0.2, 0.25) is 0 Å². The van der Waals surface area contributed by atoms with Crippen molar-refractivity contribution in [3.63, 3.8) is 0 Å². The van der Waals surface area contributed by atoms with E-state index in [1.807, 2.05) is 12.1 Å². The van der Waals surface area contributed by atoms with E-state index in [-0.39, 0.29) is 5.41 Å². The minimum absolute atomic E-state index is 0.137. The number of hydrogen-bond donors (Lipinski definition) is 2. The van der Waals surface area contributed by atoms with Crippen molar-refractivity contribution < 1.29 is 10.8 Å². The molecule has 0 fully saturated rings. The van der Waals surface area contributed by atoms with Crippen LogP contribution >= 0.6 is 0 Å². The Kier molecular flexibility index (Phi) is 2.62. The fourth-order valence-electron chi connectivity index (χ4n) is 1.25. The van der Waals surface area contributed by atoms with E-state index in [0.717, 1.165) is 5.56 Å². The molecule has 0 aromatic heterocycles. The van der Waals surface area contributed by atoms with Crippen molar-refractivity contribution >= 4 is 0 Å². The van der Waals surface area contributed by atoms with Gasteiger partial charge in [0.25, 0.3) is 0 Å². The summed E-state index contributed by atoms with van der Waals surface area (Å²) in [7, 11) is 0. The summed E-state index contributed by atoms with van der Waals surface area (Å²) in [5.41, 5.74) is 6.08. The van der Waals surface area contributed by atoms with Crippen molar-refractivity contribution in [1.82, 2.24) is 0 Å². The molecule has 1 aromatic rings. The maximum absolute atomic E-state index is 9.46. The maximum Gasteiger partial charge on any atom is 0.124 e. The zero-order chi connectivity index (χ0) is 10.1. The summed E-state index contributed by atoms with van der Waals surface area (Å²) in [6, 6.07) is 5.75. The van der Waals surface area contributed by atoms with Crippen LogP contribution in [0.15, 0.2) is 18.2 Å². The molecule has 0 unspecified atom stereocenters. The van der Waals surface area contributed by atoms with Crippen LogP contribution in [0.5, 0.6) is 5.75 Å². The van der Waals surface area contributed by atoms with Crippen LogP contribution in [0, 0.1) is 0 Å². The van der Waals surface area contributed by atoms with Crippen molar-refractivity contribution in [2.45, 2.75) is 32.7 Å². The van der Waals surface area contributed by atoms with Gasteiger partial charge in [0.1, 0.15) is 12.3 Å². The SMILES string of the molecule is CC(C)(C)c1ccc(O)c(C[NH3+])c1. The van der Waals surface area contributed by atoms with Gasteiger partial charge in [-0.1, -0.05) is 26.8 Å². The largest absolute Gasteiger partial charge is 0.507 e. The first-order chi connectivity index (χ1) is 5.95. The smallest absolute Gasteiger partial charge is 0.124 e. The van der Waals surface area contributed by atoms with Gasteiger partial charge in [-0.15, -0.1) is 0 Å². The summed E-state index contributed by atoms with van der Waals surface area (Å²) in [4.78, 5) is 0. The van der Waals surface area contributed by atoms with Crippen LogP contribution in [-0.2, 0) is 12.0 Å². The first kappa shape index (κ1) is 10.1. The molecule has 0 radical (unpaired) electrons. The topological polar surface area (TPSA) is 47.9 Å². The summed E-state index contributed by atoms with van der Waals surface area (Å²) >= 11 is 0. The monoisotopic (exact) mass is 180 g/mol. The second kappa shape index (κ2) is 3.38. The van der Waals surface area contributed by atoms with E-state index in [0.29, 0.717) is 12.3 Å². The average Bonchev–Trinajstić information content (AvgIpc) is 2.03. The lowest BCUT2D eigenvalue weighted by Crippen LogP contribution is -2.47. The van der Waals surface area contributed by atoms with Gasteiger partial charge in [-0.05, 0) is 23.1 Å². The predicted octanol–water partition coefficient (Wildman–Crippen LogP) is 1.43. The first-order valence-electron chi connectivity index (χ1n) is 4.57. The quantitative estimate of drug-likeness (QED) is 0.675. The molecule has 0 saturated carbocycles. The summed E-state index contributed by atoms with van der Waals surface area (Å²) < 4.78 is 0. The molecule has 13 heavy (non-hydrogen) atoms. The van der Waals surface area contributed by atoms with Gasteiger partial charge in [0.15, 0.2) is 0 Å². The first-order valence-corrected chi connectivity index (χ1v) is 4.57. The zero-order valence-electron chi connectivity index (χ0n) is 8.59. The Balaban J connectivity index is 3.14. The molecule has 0 aliphatic heterocycles. The molecule has 0 saturated heterocycles. The second-order valence-corrected chi connectivity index (χ2v) is 4.34. The van der Waals surface area contributed by atoms with Crippen molar-refractivity contribution in [2.24, 2.45) is 0 Å². The molecule has 72 valence electrons. The molecule has 0 spiro atoms. The van der Waals surface area contributed by atoms with E-state index in [1.165, 1.54) is 5.56 Å². The Morgan fingerprint density at radius 2 is 1.92 bits per heavy atom. The molecule has 0 aliphatic rings. The van der Waals surface area contributed by atoms with Crippen molar-refractivity contribution in [1.29, 1.82) is 0 Å². The molecule has 4 N–H and O–H groups in total. The Bertz CT molecular complexity index is 299. The zero-order valence-corrected chi connectivity index (χ0v) is 8.59. The average molecular weight is 180 g/mol. The predicted molar refractivity (Wildman–Crippen MR) is 53.4 cm³/mol. The van der Waals surface area contributed by atoms with Gasteiger partial charge in [-0.3, -0.25) is 0 Å². The summed E-state index contributed by atoms with van der Waals surface area (Å²) in [5, 5.41) is 9.46. The maximum atomic E-state index is 9.46. The standard InChI is InChI=1S/C11H17NO/c1-11(2,3)9-4-5-10(13)8(6-9)7-12/h4-6,13H,7,12H2,1-3H3/p+1. The highest BCUT2D eigenvalue weighted by Crippen LogP contribution is 2.26. The van der Waals surface area contributed by atoms with E-state index < -0.39 is 0 Å². The fourth-order valence-corrected chi connectivity index (χ4v) is 1.25. The van der Waals surface area contributed by atoms with Crippen LogP contribution < -0.4 is 5.73 Å². The Morgan fingerprint density at radius 3 is 2.38 bits per heavy atom. The van der Waals surface area contributed by atoms with Crippen LogP contribution in [0.1, 0.15) is 31.9 Å². The third-order valence-corrected chi connectivity index (χ3v) is 2.21. The second-order valence-electron chi connectivity index (χ2n) is 4.34. The third-order valence-electron chi connectivity index (χ3n) is 2.21. The van der Waals surface area contributed by atoms with Crippen LogP contribution in [0.3, 0.4) is 0 Å². The molecular formula is C11H18NO+. The number of phenols is 1. The lowest BCUT2D eigenvalue weighted by molar-refractivity contribution is -0.386. The summed E-state index contributed by atoms with van der Waals surface area (Å²) in [6.45, 7) is 7.11. The van der Waals surface area contributed by atoms with Crippen LogP contribution in [0.25, 0.3) is 0 Å². The summed E-state index contributed by atoms with van der Waals surface area (Å²) in [6.07, 6.45) is 0. The lowest BCUT2D eigenvalue weighted by atomic mass is 9.86. The number of phenolic OH excluding ortho intramolecular Hbond substituents is 1. The molecule has 2 nitrogen and oxygen atoms in total. The minimum Gasteiger partial charge on any atom is -0.507 e. The molecule has 0 amide bonds. The van der Waals surface area contributed by atoms with Crippen LogP contribution in [0.4, 0.5) is 0 Å². The highest BCUT2D eigenvalue weighted by Gasteiger charge is 2.15. The normalized spacial score (nSPS) is 11.7. The molecule has 0 aliphatic carbocycles. The number of aromatic hydroxyl groups is 1. The summed E-state index contributed by atoms with van der Waals surface area (Å²) in [5.74, 6) is 0.350. The van der Waals surface area contributed by atoms with Gasteiger partial charge >= 0.3 is 0 Å². The lowest BCUT2D eigenvalue weighted by Gasteiger charge is -2.19. The molecule has 0 atom stereocenters. The van der Waals surface area contributed by atoms with Gasteiger partial charge in [0.05, 0.1) is 0 Å². The van der Waals surface area contributed by atoms with Gasteiger partial charge in [0, 0.05) is 5.56 Å². The van der Waals surface area contributed by atoms with Gasteiger partial charge in [-0.2, -0.15) is 0 Å². The minimum atomic E-state index is 0.137. The highest BCUT2D eigenvalue weighted by atomic mass is 16.3. The van der Waals surface area contributed by atoms with Crippen molar-refractivity contribution in [3.05, 3.63) is 29.3 Å². The molecule has 0 heterocycles. The van der Waals surface area contributed by atoms with E-state index in [9.17, 15) is 5.11 Å². The number of quaternary nitrogens is 1. The van der Waals surface area contributed by atoms with Crippen molar-refractivity contribution in [2.75, 3.05) is 0 Å². The molecular weight excluding hydrogens is 162 g/mol. The van der Waals surface area contributed by atoms with Crippen molar-refractivity contribution in [3.8, 4) is 5.75 Å². The van der Waals surface area contributed by atoms with Gasteiger partial charge in [-0.25, -0.2) is 0 Å². The third kappa shape index (κ3) is 2.22. The molecule has 0 bridgehead atoms. The van der Waals surface area contributed by atoms with Crippen LogP contribution in [-0.4, -0.2) is 5.11 Å². The number of rotatable bonds is 1. The molecule has 1 rings (SSSR count). The highest BCUT2D eigenvalue weighted by molar-refractivity contribution is 5.38. The van der Waals surface area contributed by atoms with Gasteiger partial charge < -0.3 is 10.8 Å². The van der Waals surface area contributed by atoms with Gasteiger partial charge in [0.2, 0.25) is 0 Å².